The molecule has 0 aliphatic heterocycles. The van der Waals surface area contributed by atoms with Gasteiger partial charge in [0.15, 0.2) is 0 Å². The first-order valence-electron chi connectivity index (χ1n) is 9.89. The van der Waals surface area contributed by atoms with Crippen molar-refractivity contribution in [2.24, 2.45) is 17.3 Å². The van der Waals surface area contributed by atoms with Crippen molar-refractivity contribution in [2.45, 2.75) is 104 Å². The third kappa shape index (κ3) is 4.86. The molecule has 0 heterocycles. The minimum absolute atomic E-state index is 0.560. The van der Waals surface area contributed by atoms with E-state index in [0.29, 0.717) is 5.41 Å². The smallest absolute Gasteiger partial charge is 0.0117 e. The maximum atomic E-state index is 2.59. The highest BCUT2D eigenvalue weighted by Crippen LogP contribution is 2.55. The summed E-state index contributed by atoms with van der Waals surface area (Å²) in [5, 5.41) is 0. The lowest BCUT2D eigenvalue weighted by Gasteiger charge is -2.26. The highest BCUT2D eigenvalue weighted by Gasteiger charge is 2.44. The van der Waals surface area contributed by atoms with Crippen LogP contribution in [0.5, 0.6) is 0 Å². The average Bonchev–Trinajstić information content (AvgIpc) is 3.14. The van der Waals surface area contributed by atoms with Crippen LogP contribution in [0.25, 0.3) is 0 Å². The van der Waals surface area contributed by atoms with Crippen LogP contribution in [0.1, 0.15) is 104 Å². The van der Waals surface area contributed by atoms with Gasteiger partial charge in [-0.3, -0.25) is 0 Å². The fraction of sp³-hybridized carbons (Fsp3) is 0.905. The lowest BCUT2D eigenvalue weighted by molar-refractivity contribution is 0.295. The van der Waals surface area contributed by atoms with E-state index in [9.17, 15) is 0 Å². The molecule has 1 fully saturated rings. The number of rotatable bonds is 1. The standard InChI is InChI=1S/C21H38/c1-4-20-14-9-7-5-6-8-12-16-21(17-19(21)3)18(2)13-10-11-15-20/h17-18,20H,4-16H2,1-3H3. The van der Waals surface area contributed by atoms with Crippen LogP contribution in [0, 0.1) is 17.3 Å². The van der Waals surface area contributed by atoms with Crippen molar-refractivity contribution in [1.82, 2.24) is 0 Å². The van der Waals surface area contributed by atoms with E-state index in [-0.39, 0.29) is 0 Å². The first-order valence-corrected chi connectivity index (χ1v) is 9.89. The van der Waals surface area contributed by atoms with Gasteiger partial charge >= 0.3 is 0 Å². The molecule has 2 aliphatic carbocycles. The van der Waals surface area contributed by atoms with Crippen molar-refractivity contribution in [3.8, 4) is 0 Å². The maximum absolute atomic E-state index is 2.59. The average molecular weight is 291 g/mol. The summed E-state index contributed by atoms with van der Waals surface area (Å²) in [5.74, 6) is 1.91. The summed E-state index contributed by atoms with van der Waals surface area (Å²) < 4.78 is 0. The summed E-state index contributed by atoms with van der Waals surface area (Å²) >= 11 is 0. The van der Waals surface area contributed by atoms with E-state index >= 15 is 0 Å². The Kier molecular flexibility index (Phi) is 6.83. The molecule has 0 radical (unpaired) electrons. The van der Waals surface area contributed by atoms with E-state index in [2.05, 4.69) is 26.8 Å². The molecule has 0 aromatic heterocycles. The summed E-state index contributed by atoms with van der Waals surface area (Å²) in [6, 6.07) is 0. The first-order chi connectivity index (χ1) is 10.2. The van der Waals surface area contributed by atoms with Crippen molar-refractivity contribution < 1.29 is 0 Å². The van der Waals surface area contributed by atoms with Gasteiger partial charge in [0, 0.05) is 5.41 Å². The van der Waals surface area contributed by atoms with Gasteiger partial charge in [-0.05, 0) is 31.6 Å². The molecule has 2 aliphatic rings. The summed E-state index contributed by atoms with van der Waals surface area (Å²) in [6.45, 7) is 7.29. The molecule has 0 amide bonds. The molecule has 0 aromatic rings. The van der Waals surface area contributed by atoms with Crippen LogP contribution in [0.15, 0.2) is 11.6 Å². The SMILES string of the molecule is CCC1CCCCCCCCC2(C=C2C)C(C)CCCC1. The van der Waals surface area contributed by atoms with Crippen molar-refractivity contribution in [1.29, 1.82) is 0 Å². The van der Waals surface area contributed by atoms with Gasteiger partial charge in [0.2, 0.25) is 0 Å². The molecule has 0 aromatic carbocycles. The van der Waals surface area contributed by atoms with Crippen molar-refractivity contribution in [2.75, 3.05) is 0 Å². The Bertz CT molecular complexity index is 327. The molecular weight excluding hydrogens is 252 g/mol. The molecular formula is C21H38. The quantitative estimate of drug-likeness (QED) is 0.445. The lowest BCUT2D eigenvalue weighted by Crippen LogP contribution is -2.16. The van der Waals surface area contributed by atoms with Crippen molar-refractivity contribution in [3.63, 3.8) is 0 Å². The van der Waals surface area contributed by atoms with E-state index < -0.39 is 0 Å². The van der Waals surface area contributed by atoms with Crippen molar-refractivity contribution in [3.05, 3.63) is 11.6 Å². The van der Waals surface area contributed by atoms with Crippen LogP contribution < -0.4 is 0 Å². The molecule has 3 unspecified atom stereocenters. The largest absolute Gasteiger partial charge is 0.0742 e. The number of allylic oxidation sites excluding steroid dienone is 2. The molecule has 0 heteroatoms. The zero-order valence-corrected chi connectivity index (χ0v) is 14.9. The van der Waals surface area contributed by atoms with E-state index in [1.165, 1.54) is 83.5 Å². The molecule has 0 nitrogen and oxygen atoms in total. The van der Waals surface area contributed by atoms with E-state index in [1.54, 1.807) is 5.57 Å². The molecule has 3 atom stereocenters. The topological polar surface area (TPSA) is 0 Å². The Morgan fingerprint density at radius 2 is 1.43 bits per heavy atom. The zero-order valence-electron chi connectivity index (χ0n) is 14.9. The second-order valence-electron chi connectivity index (χ2n) is 7.99. The monoisotopic (exact) mass is 290 g/mol. The van der Waals surface area contributed by atoms with Crippen LogP contribution in [-0.2, 0) is 0 Å². The summed E-state index contributed by atoms with van der Waals surface area (Å²) in [5.41, 5.74) is 2.26. The fourth-order valence-corrected chi connectivity index (χ4v) is 4.65. The van der Waals surface area contributed by atoms with Gasteiger partial charge in [0.1, 0.15) is 0 Å². The summed E-state index contributed by atoms with van der Waals surface area (Å²) in [6.07, 6.45) is 21.6. The Balaban J connectivity index is 1.83. The Labute approximate surface area is 133 Å². The first kappa shape index (κ1) is 17.1. The van der Waals surface area contributed by atoms with Gasteiger partial charge in [-0.15, -0.1) is 0 Å². The van der Waals surface area contributed by atoms with Gasteiger partial charge in [0.05, 0.1) is 0 Å². The third-order valence-corrected chi connectivity index (χ3v) is 6.53. The predicted octanol–water partition coefficient (Wildman–Crippen LogP) is 7.29. The van der Waals surface area contributed by atoms with E-state index in [4.69, 9.17) is 0 Å². The van der Waals surface area contributed by atoms with E-state index in [1.807, 2.05) is 0 Å². The molecule has 122 valence electrons. The highest BCUT2D eigenvalue weighted by molar-refractivity contribution is 5.37. The molecule has 0 N–H and O–H groups in total. The number of hydrogen-bond acceptors (Lipinski definition) is 0. The second-order valence-corrected chi connectivity index (χ2v) is 7.99. The van der Waals surface area contributed by atoms with Gasteiger partial charge < -0.3 is 0 Å². The number of hydrogen-bond donors (Lipinski definition) is 0. The van der Waals surface area contributed by atoms with Gasteiger partial charge in [-0.2, -0.15) is 0 Å². The van der Waals surface area contributed by atoms with Gasteiger partial charge in [0.25, 0.3) is 0 Å². The molecule has 1 spiro atoms. The Morgan fingerprint density at radius 3 is 2.05 bits per heavy atom. The third-order valence-electron chi connectivity index (χ3n) is 6.53. The molecule has 0 saturated heterocycles. The highest BCUT2D eigenvalue weighted by atomic mass is 14.5. The maximum Gasteiger partial charge on any atom is 0.0117 e. The van der Waals surface area contributed by atoms with Crippen LogP contribution in [0.2, 0.25) is 0 Å². The minimum atomic E-state index is 0.560. The van der Waals surface area contributed by atoms with Crippen LogP contribution >= 0.6 is 0 Å². The normalized spacial score (nSPS) is 36.6. The van der Waals surface area contributed by atoms with Crippen LogP contribution in [0.3, 0.4) is 0 Å². The molecule has 0 bridgehead atoms. The Morgan fingerprint density at radius 1 is 0.905 bits per heavy atom. The van der Waals surface area contributed by atoms with E-state index in [0.717, 1.165) is 11.8 Å². The zero-order chi connectivity index (χ0) is 15.1. The predicted molar refractivity (Wildman–Crippen MR) is 94.5 cm³/mol. The summed E-state index contributed by atoms with van der Waals surface area (Å²) in [7, 11) is 0. The van der Waals surface area contributed by atoms with Crippen molar-refractivity contribution >= 4 is 0 Å². The molecule has 1 saturated carbocycles. The fourth-order valence-electron chi connectivity index (χ4n) is 4.65. The van der Waals surface area contributed by atoms with Crippen LogP contribution in [-0.4, -0.2) is 0 Å². The van der Waals surface area contributed by atoms with Gasteiger partial charge in [-0.1, -0.05) is 96.1 Å². The minimum Gasteiger partial charge on any atom is -0.0742 e. The van der Waals surface area contributed by atoms with Crippen LogP contribution in [0.4, 0.5) is 0 Å². The lowest BCUT2D eigenvalue weighted by atomic mass is 9.78. The molecule has 2 rings (SSSR count). The Hall–Kier alpha value is -0.260. The van der Waals surface area contributed by atoms with Gasteiger partial charge in [-0.25, -0.2) is 0 Å². The summed E-state index contributed by atoms with van der Waals surface area (Å²) in [4.78, 5) is 0. The molecule has 21 heavy (non-hydrogen) atoms. The second kappa shape index (κ2) is 8.39.